The zero-order valence-electron chi connectivity index (χ0n) is 23.9. The molecule has 3 rings (SSSR count). The van der Waals surface area contributed by atoms with Gasteiger partial charge in [-0.15, -0.1) is 0 Å². The van der Waals surface area contributed by atoms with Crippen molar-refractivity contribution in [3.8, 4) is 5.75 Å². The Labute approximate surface area is 248 Å². The highest BCUT2D eigenvalue weighted by atomic mass is 35.5. The predicted molar refractivity (Wildman–Crippen MR) is 164 cm³/mol. The first-order valence-electron chi connectivity index (χ1n) is 13.5. The molecule has 41 heavy (non-hydrogen) atoms. The molecule has 0 heterocycles. The molecule has 2 amide bonds. The summed E-state index contributed by atoms with van der Waals surface area (Å²) in [7, 11) is -2.07. The van der Waals surface area contributed by atoms with Crippen molar-refractivity contribution in [3.63, 3.8) is 0 Å². The lowest BCUT2D eigenvalue weighted by molar-refractivity contribution is -0.141. The summed E-state index contributed by atoms with van der Waals surface area (Å²) in [5.74, 6) is 0.0740. The number of nitrogens with zero attached hydrogens (tertiary/aromatic N) is 2. The first-order chi connectivity index (χ1) is 19.5. The maximum Gasteiger partial charge on any atom is 0.243 e. The van der Waals surface area contributed by atoms with Gasteiger partial charge in [-0.3, -0.25) is 13.9 Å². The zero-order valence-corrected chi connectivity index (χ0v) is 25.5. The van der Waals surface area contributed by atoms with E-state index < -0.39 is 16.1 Å². The topological polar surface area (TPSA) is 96.0 Å². The average Bonchev–Trinajstić information content (AvgIpc) is 2.93. The van der Waals surface area contributed by atoms with Crippen molar-refractivity contribution in [1.29, 1.82) is 0 Å². The van der Waals surface area contributed by atoms with E-state index >= 15 is 0 Å². The number of halogens is 1. The van der Waals surface area contributed by atoms with Crippen LogP contribution in [0.2, 0.25) is 5.02 Å². The van der Waals surface area contributed by atoms with Gasteiger partial charge in [-0.05, 0) is 61.7 Å². The normalized spacial score (nSPS) is 12.0. The Balaban J connectivity index is 1.88. The van der Waals surface area contributed by atoms with E-state index in [4.69, 9.17) is 16.3 Å². The molecule has 1 N–H and O–H groups in total. The molecule has 10 heteroatoms. The summed E-state index contributed by atoms with van der Waals surface area (Å²) in [6.45, 7) is 3.97. The van der Waals surface area contributed by atoms with Gasteiger partial charge in [0.15, 0.2) is 0 Å². The van der Waals surface area contributed by atoms with Crippen molar-refractivity contribution in [1.82, 2.24) is 10.2 Å². The number of amides is 2. The lowest BCUT2D eigenvalue weighted by Crippen LogP contribution is -2.51. The first kappa shape index (κ1) is 32.0. The second-order valence-electron chi connectivity index (χ2n) is 10.1. The summed E-state index contributed by atoms with van der Waals surface area (Å²) in [6.07, 6.45) is 1.74. The lowest BCUT2D eigenvalue weighted by atomic mass is 10.0. The van der Waals surface area contributed by atoms with Crippen LogP contribution in [0.1, 0.15) is 37.8 Å². The van der Waals surface area contributed by atoms with Gasteiger partial charge >= 0.3 is 0 Å². The molecule has 0 aromatic heterocycles. The molecule has 0 aliphatic carbocycles. The van der Waals surface area contributed by atoms with Crippen molar-refractivity contribution in [2.24, 2.45) is 0 Å². The Bertz CT molecular complexity index is 1400. The number of sulfonamides is 1. The van der Waals surface area contributed by atoms with Crippen LogP contribution in [-0.2, 0) is 32.6 Å². The smallest absolute Gasteiger partial charge is 0.243 e. The fraction of sp³-hybridized carbons (Fsp3) is 0.355. The summed E-state index contributed by atoms with van der Waals surface area (Å²) >= 11 is 6.47. The molecule has 0 bridgehead atoms. The van der Waals surface area contributed by atoms with Gasteiger partial charge in [-0.1, -0.05) is 60.1 Å². The SMILES string of the molecule is COc1ccc(N(CCCC(=O)N(Cc2ccccc2Cl)[C@H](Cc2ccccc2)C(=O)NC(C)C)S(C)(=O)=O)cc1. The van der Waals surface area contributed by atoms with Gasteiger partial charge in [-0.2, -0.15) is 0 Å². The minimum atomic E-state index is -3.61. The number of hydrogen-bond donors (Lipinski definition) is 1. The molecular weight excluding hydrogens is 562 g/mol. The average molecular weight is 600 g/mol. The molecule has 0 aliphatic rings. The molecule has 0 unspecified atom stereocenters. The van der Waals surface area contributed by atoms with Crippen LogP contribution >= 0.6 is 11.6 Å². The molecule has 1 atom stereocenters. The number of hydrogen-bond acceptors (Lipinski definition) is 5. The van der Waals surface area contributed by atoms with Gasteiger partial charge in [0.2, 0.25) is 21.8 Å². The van der Waals surface area contributed by atoms with Crippen molar-refractivity contribution in [2.45, 2.75) is 51.7 Å². The third kappa shape index (κ3) is 9.50. The minimum Gasteiger partial charge on any atom is -0.497 e. The Morgan fingerprint density at radius 2 is 1.59 bits per heavy atom. The molecule has 220 valence electrons. The summed E-state index contributed by atoms with van der Waals surface area (Å²) < 4.78 is 31.7. The maximum atomic E-state index is 13.9. The Morgan fingerprint density at radius 1 is 0.951 bits per heavy atom. The molecule has 0 spiro atoms. The molecule has 0 radical (unpaired) electrons. The molecular formula is C31H38ClN3O5S. The third-order valence-corrected chi connectivity index (χ3v) is 8.08. The molecule has 3 aromatic carbocycles. The molecule has 8 nitrogen and oxygen atoms in total. The number of rotatable bonds is 14. The number of benzene rings is 3. The number of carbonyl (C=O) groups is 2. The minimum absolute atomic E-state index is 0.0346. The number of methoxy groups -OCH3 is 1. The maximum absolute atomic E-state index is 13.9. The second-order valence-corrected chi connectivity index (χ2v) is 12.4. The number of nitrogens with one attached hydrogen (secondary N) is 1. The van der Waals surface area contributed by atoms with Crippen LogP contribution in [0.15, 0.2) is 78.9 Å². The van der Waals surface area contributed by atoms with Gasteiger partial charge in [0, 0.05) is 37.0 Å². The van der Waals surface area contributed by atoms with Crippen LogP contribution in [0.25, 0.3) is 0 Å². The van der Waals surface area contributed by atoms with Crippen LogP contribution in [0.5, 0.6) is 5.75 Å². The molecule has 0 fully saturated rings. The van der Waals surface area contributed by atoms with Crippen molar-refractivity contribution >= 4 is 39.1 Å². The van der Waals surface area contributed by atoms with Crippen molar-refractivity contribution in [3.05, 3.63) is 95.0 Å². The van der Waals surface area contributed by atoms with E-state index in [0.29, 0.717) is 28.4 Å². The van der Waals surface area contributed by atoms with Crippen molar-refractivity contribution < 1.29 is 22.7 Å². The van der Waals surface area contributed by atoms with E-state index in [1.54, 1.807) is 35.2 Å². The van der Waals surface area contributed by atoms with E-state index in [0.717, 1.165) is 11.8 Å². The molecule has 3 aromatic rings. The van der Waals surface area contributed by atoms with Gasteiger partial charge in [0.05, 0.1) is 19.1 Å². The van der Waals surface area contributed by atoms with E-state index in [9.17, 15) is 18.0 Å². The number of anilines is 1. The van der Waals surface area contributed by atoms with Gasteiger partial charge in [0.25, 0.3) is 0 Å². The van der Waals surface area contributed by atoms with Gasteiger partial charge in [-0.25, -0.2) is 8.42 Å². The van der Waals surface area contributed by atoms with E-state index in [1.165, 1.54) is 11.4 Å². The van der Waals surface area contributed by atoms with Gasteiger partial charge in [0.1, 0.15) is 11.8 Å². The van der Waals surface area contributed by atoms with Crippen LogP contribution in [0.3, 0.4) is 0 Å². The van der Waals surface area contributed by atoms with Crippen LogP contribution in [0, 0.1) is 0 Å². The predicted octanol–water partition coefficient (Wildman–Crippen LogP) is 5.06. The quantitative estimate of drug-likeness (QED) is 0.279. The standard InChI is InChI=1S/C31H38ClN3O5S/c1-23(2)33-31(37)29(21-24-11-6-5-7-12-24)34(22-25-13-8-9-14-28(25)32)30(36)15-10-20-35(41(4,38)39)26-16-18-27(40-3)19-17-26/h5-9,11-14,16-19,23,29H,10,15,20-22H2,1-4H3,(H,33,37)/t29-/m1/s1. The summed E-state index contributed by atoms with van der Waals surface area (Å²) in [5.41, 5.74) is 2.11. The summed E-state index contributed by atoms with van der Waals surface area (Å²) in [6, 6.07) is 22.5. The summed E-state index contributed by atoms with van der Waals surface area (Å²) in [4.78, 5) is 28.9. The molecule has 0 saturated heterocycles. The van der Waals surface area contributed by atoms with Gasteiger partial charge < -0.3 is 15.0 Å². The van der Waals surface area contributed by atoms with Crippen LogP contribution in [0.4, 0.5) is 5.69 Å². The molecule has 0 aliphatic heterocycles. The fourth-order valence-electron chi connectivity index (χ4n) is 4.50. The van der Waals surface area contributed by atoms with Crippen LogP contribution in [-0.4, -0.2) is 57.1 Å². The lowest BCUT2D eigenvalue weighted by Gasteiger charge is -2.32. The zero-order chi connectivity index (χ0) is 30.0. The van der Waals surface area contributed by atoms with E-state index in [1.807, 2.05) is 62.4 Å². The largest absolute Gasteiger partial charge is 0.497 e. The number of ether oxygens (including phenoxy) is 1. The second kappa shape index (κ2) is 14.9. The van der Waals surface area contributed by atoms with E-state index in [-0.39, 0.29) is 43.8 Å². The summed E-state index contributed by atoms with van der Waals surface area (Å²) in [5, 5.41) is 3.46. The molecule has 0 saturated carbocycles. The fourth-order valence-corrected chi connectivity index (χ4v) is 5.66. The number of carbonyl (C=O) groups excluding carboxylic acids is 2. The highest BCUT2D eigenvalue weighted by Crippen LogP contribution is 2.24. The first-order valence-corrected chi connectivity index (χ1v) is 15.7. The van der Waals surface area contributed by atoms with E-state index in [2.05, 4.69) is 5.32 Å². The highest BCUT2D eigenvalue weighted by molar-refractivity contribution is 7.92. The monoisotopic (exact) mass is 599 g/mol. The third-order valence-electron chi connectivity index (χ3n) is 6.51. The Kier molecular flexibility index (Phi) is 11.6. The van der Waals surface area contributed by atoms with Crippen molar-refractivity contribution in [2.75, 3.05) is 24.2 Å². The van der Waals surface area contributed by atoms with Crippen LogP contribution < -0.4 is 14.4 Å². The Morgan fingerprint density at radius 3 is 2.17 bits per heavy atom. The highest BCUT2D eigenvalue weighted by Gasteiger charge is 2.31. The Hall–Kier alpha value is -3.56.